The Balaban J connectivity index is 1.68. The number of para-hydroxylation sites is 1. The van der Waals surface area contributed by atoms with Crippen LogP contribution in [0.2, 0.25) is 5.02 Å². The molecule has 3 aromatic rings. The van der Waals surface area contributed by atoms with Crippen LogP contribution in [0.5, 0.6) is 5.75 Å². The monoisotopic (exact) mass is 328 g/mol. The number of hydrogen-bond acceptors (Lipinski definition) is 3. The lowest BCUT2D eigenvalue weighted by molar-refractivity contribution is 0.167. The first-order valence-electron chi connectivity index (χ1n) is 7.74. The van der Waals surface area contributed by atoms with Crippen LogP contribution in [0.1, 0.15) is 6.42 Å². The highest BCUT2D eigenvalue weighted by molar-refractivity contribution is 6.30. The molecule has 0 saturated carbocycles. The maximum Gasteiger partial charge on any atom is 0.148 e. The van der Waals surface area contributed by atoms with Gasteiger partial charge in [0.15, 0.2) is 0 Å². The number of aromatic nitrogens is 2. The summed E-state index contributed by atoms with van der Waals surface area (Å²) >= 11 is 6.13. The number of fused-ring (bicyclic) bond motifs is 1. The van der Waals surface area contributed by atoms with Crippen LogP contribution in [0.3, 0.4) is 0 Å². The van der Waals surface area contributed by atoms with Crippen LogP contribution in [0.15, 0.2) is 48.8 Å². The lowest BCUT2D eigenvalue weighted by Gasteiger charge is -2.13. The Bertz CT molecular complexity index is 825. The quantitative estimate of drug-likeness (QED) is 0.724. The van der Waals surface area contributed by atoms with Gasteiger partial charge in [0.2, 0.25) is 0 Å². The number of halogens is 1. The number of imidazole rings is 1. The minimum absolute atomic E-state index is 0.467. The molecule has 4 nitrogen and oxygen atoms in total. The predicted octanol–water partition coefficient (Wildman–Crippen LogP) is 4.07. The average Bonchev–Trinajstić information content (AvgIpc) is 3.22. The molecule has 118 valence electrons. The topological polar surface area (TPSA) is 35.8 Å². The van der Waals surface area contributed by atoms with E-state index in [2.05, 4.69) is 4.98 Å². The fraction of sp³-hybridized carbons (Fsp3) is 0.278. The first-order valence-corrected chi connectivity index (χ1v) is 8.11. The molecule has 0 radical (unpaired) electrons. The highest BCUT2D eigenvalue weighted by Crippen LogP contribution is 2.30. The van der Waals surface area contributed by atoms with E-state index in [-0.39, 0.29) is 0 Å². The summed E-state index contributed by atoms with van der Waals surface area (Å²) in [6.45, 7) is 2.28. The Kier molecular flexibility index (Phi) is 3.93. The van der Waals surface area contributed by atoms with Crippen LogP contribution in [-0.2, 0) is 4.74 Å². The molecule has 3 heterocycles. The average molecular weight is 329 g/mol. The van der Waals surface area contributed by atoms with Gasteiger partial charge in [0, 0.05) is 18.7 Å². The standard InChI is InChI=1S/C18H17ClN2O2/c19-14-5-6-15-9-20-18(21(15)10-14)16-3-1-2-4-17(16)23-12-13-7-8-22-11-13/h1-6,9-10,13H,7-8,11-12H2. The fourth-order valence-corrected chi connectivity index (χ4v) is 3.02. The molecule has 1 atom stereocenters. The molecular formula is C18H17ClN2O2. The van der Waals surface area contributed by atoms with Gasteiger partial charge in [-0.25, -0.2) is 4.98 Å². The lowest BCUT2D eigenvalue weighted by Crippen LogP contribution is -2.12. The molecule has 2 aromatic heterocycles. The second kappa shape index (κ2) is 6.22. The van der Waals surface area contributed by atoms with E-state index in [1.54, 1.807) is 0 Å². The molecule has 5 heteroatoms. The van der Waals surface area contributed by atoms with Crippen LogP contribution < -0.4 is 4.74 Å². The van der Waals surface area contributed by atoms with Crippen molar-refractivity contribution in [2.45, 2.75) is 6.42 Å². The van der Waals surface area contributed by atoms with Crippen LogP contribution >= 0.6 is 11.6 Å². The van der Waals surface area contributed by atoms with E-state index < -0.39 is 0 Å². The van der Waals surface area contributed by atoms with E-state index in [0.717, 1.165) is 42.3 Å². The zero-order valence-corrected chi connectivity index (χ0v) is 13.4. The predicted molar refractivity (Wildman–Crippen MR) is 90.1 cm³/mol. The second-order valence-corrected chi connectivity index (χ2v) is 6.20. The maximum atomic E-state index is 6.13. The molecule has 4 rings (SSSR count). The highest BCUT2D eigenvalue weighted by atomic mass is 35.5. The Morgan fingerprint density at radius 3 is 3.04 bits per heavy atom. The van der Waals surface area contributed by atoms with E-state index in [0.29, 0.717) is 17.5 Å². The van der Waals surface area contributed by atoms with E-state index in [1.807, 2.05) is 53.2 Å². The molecule has 1 aromatic carbocycles. The summed E-state index contributed by atoms with van der Waals surface area (Å²) in [7, 11) is 0. The van der Waals surface area contributed by atoms with E-state index in [1.165, 1.54) is 0 Å². The van der Waals surface area contributed by atoms with Gasteiger partial charge in [-0.1, -0.05) is 23.7 Å². The third kappa shape index (κ3) is 2.92. The first kappa shape index (κ1) is 14.5. The normalized spacial score (nSPS) is 17.7. The zero-order valence-electron chi connectivity index (χ0n) is 12.6. The van der Waals surface area contributed by atoms with E-state index >= 15 is 0 Å². The van der Waals surface area contributed by atoms with Crippen LogP contribution in [0.25, 0.3) is 16.9 Å². The van der Waals surface area contributed by atoms with Gasteiger partial charge in [0.05, 0.1) is 35.5 Å². The molecule has 0 bridgehead atoms. The molecule has 0 aliphatic carbocycles. The summed E-state index contributed by atoms with van der Waals surface area (Å²) in [6.07, 6.45) is 4.78. The number of pyridine rings is 1. The molecule has 23 heavy (non-hydrogen) atoms. The molecule has 0 spiro atoms. The van der Waals surface area contributed by atoms with Crippen molar-refractivity contribution in [3.8, 4) is 17.1 Å². The number of rotatable bonds is 4. The van der Waals surface area contributed by atoms with Gasteiger partial charge in [-0.15, -0.1) is 0 Å². The Morgan fingerprint density at radius 1 is 1.26 bits per heavy atom. The van der Waals surface area contributed by atoms with E-state index in [9.17, 15) is 0 Å². The summed E-state index contributed by atoms with van der Waals surface area (Å²) < 4.78 is 13.5. The van der Waals surface area contributed by atoms with Crippen molar-refractivity contribution >= 4 is 17.1 Å². The molecular weight excluding hydrogens is 312 g/mol. The van der Waals surface area contributed by atoms with Gasteiger partial charge in [0.1, 0.15) is 11.6 Å². The summed E-state index contributed by atoms with van der Waals surface area (Å²) in [4.78, 5) is 4.55. The summed E-state index contributed by atoms with van der Waals surface area (Å²) in [6, 6.07) is 11.8. The van der Waals surface area contributed by atoms with Crippen LogP contribution in [0.4, 0.5) is 0 Å². The number of benzene rings is 1. The van der Waals surface area contributed by atoms with Crippen molar-refractivity contribution in [2.24, 2.45) is 5.92 Å². The first-order chi connectivity index (χ1) is 11.3. The Labute approximate surface area is 139 Å². The van der Waals surface area contributed by atoms with Gasteiger partial charge >= 0.3 is 0 Å². The van der Waals surface area contributed by atoms with Gasteiger partial charge in [-0.2, -0.15) is 0 Å². The molecule has 0 N–H and O–H groups in total. The number of nitrogens with zero attached hydrogens (tertiary/aromatic N) is 2. The zero-order chi connectivity index (χ0) is 15.6. The molecule has 1 aliphatic rings. The summed E-state index contributed by atoms with van der Waals surface area (Å²) in [5.74, 6) is 2.14. The van der Waals surface area contributed by atoms with Crippen molar-refractivity contribution in [1.29, 1.82) is 0 Å². The van der Waals surface area contributed by atoms with Gasteiger partial charge in [-0.05, 0) is 30.7 Å². The van der Waals surface area contributed by atoms with Gasteiger partial charge < -0.3 is 9.47 Å². The number of hydrogen-bond donors (Lipinski definition) is 0. The number of ether oxygens (including phenoxy) is 2. The summed E-state index contributed by atoms with van der Waals surface area (Å²) in [5.41, 5.74) is 1.97. The molecule has 1 saturated heterocycles. The fourth-order valence-electron chi connectivity index (χ4n) is 2.86. The smallest absolute Gasteiger partial charge is 0.148 e. The maximum absolute atomic E-state index is 6.13. The van der Waals surface area contributed by atoms with Crippen molar-refractivity contribution in [1.82, 2.24) is 9.38 Å². The van der Waals surface area contributed by atoms with Gasteiger partial charge in [-0.3, -0.25) is 4.40 Å². The largest absolute Gasteiger partial charge is 0.492 e. The molecule has 0 amide bonds. The SMILES string of the molecule is Clc1ccc2cnc(-c3ccccc3OCC3CCOC3)n2c1. The van der Waals surface area contributed by atoms with Crippen LogP contribution in [0, 0.1) is 5.92 Å². The van der Waals surface area contributed by atoms with Crippen molar-refractivity contribution in [3.05, 3.63) is 53.8 Å². The minimum Gasteiger partial charge on any atom is -0.492 e. The third-order valence-corrected chi connectivity index (χ3v) is 4.34. The lowest BCUT2D eigenvalue weighted by atomic mass is 10.1. The van der Waals surface area contributed by atoms with Crippen LogP contribution in [-0.4, -0.2) is 29.2 Å². The minimum atomic E-state index is 0.467. The second-order valence-electron chi connectivity index (χ2n) is 5.76. The molecule has 1 aliphatic heterocycles. The Hall–Kier alpha value is -2.04. The van der Waals surface area contributed by atoms with E-state index in [4.69, 9.17) is 21.1 Å². The third-order valence-electron chi connectivity index (χ3n) is 4.12. The molecule has 1 fully saturated rings. The van der Waals surface area contributed by atoms with Crippen molar-refractivity contribution < 1.29 is 9.47 Å². The van der Waals surface area contributed by atoms with Gasteiger partial charge in [0.25, 0.3) is 0 Å². The highest BCUT2D eigenvalue weighted by Gasteiger charge is 2.18. The van der Waals surface area contributed by atoms with Crippen molar-refractivity contribution in [3.63, 3.8) is 0 Å². The Morgan fingerprint density at radius 2 is 2.17 bits per heavy atom. The summed E-state index contributed by atoms with van der Waals surface area (Å²) in [5, 5.41) is 0.679. The molecule has 1 unspecified atom stereocenters. The van der Waals surface area contributed by atoms with Crippen molar-refractivity contribution in [2.75, 3.05) is 19.8 Å².